The number of aliphatic hydroxyl groups is 8. The number of carbonyl (C=O) groups excluding carboxylic acids is 1. The van der Waals surface area contributed by atoms with Crippen LogP contribution in [0.1, 0.15) is 200 Å². The third kappa shape index (κ3) is 24.4. The molecule has 0 bridgehead atoms. The first-order valence-corrected chi connectivity index (χ1v) is 25.4. The molecule has 12 unspecified atom stereocenters. The van der Waals surface area contributed by atoms with Gasteiger partial charge < -0.3 is 65.1 Å². The highest BCUT2D eigenvalue weighted by atomic mass is 16.7. The van der Waals surface area contributed by atoms with Crippen LogP contribution in [0, 0.1) is 0 Å². The summed E-state index contributed by atoms with van der Waals surface area (Å²) in [7, 11) is 0. The van der Waals surface area contributed by atoms with Gasteiger partial charge in [0.25, 0.3) is 0 Å². The standard InChI is InChI=1S/C49H93NO13/c1-3-5-7-9-11-13-15-16-17-18-19-20-21-23-25-27-29-31-33-41(54)50-37(38(53)32-30-28-26-24-22-14-12-10-8-6-4-2)36-60-48-46(59)44(57)47(40(35-52)62-48)63-49-45(58)43(56)42(55)39(34-51)61-49/h17-18,37-40,42-49,51-53,55-59H,3-16,19-36H2,1-2H3,(H,50,54)/b18-17-. The molecule has 9 N–H and O–H groups in total. The fourth-order valence-corrected chi connectivity index (χ4v) is 8.52. The molecule has 2 aliphatic heterocycles. The second-order valence-corrected chi connectivity index (χ2v) is 18.3. The molecule has 63 heavy (non-hydrogen) atoms. The molecule has 0 aromatic heterocycles. The second-order valence-electron chi connectivity index (χ2n) is 18.3. The number of nitrogens with one attached hydrogen (secondary N) is 1. The van der Waals surface area contributed by atoms with Gasteiger partial charge in [-0.05, 0) is 38.5 Å². The highest BCUT2D eigenvalue weighted by Crippen LogP contribution is 2.30. The van der Waals surface area contributed by atoms with E-state index < -0.39 is 86.8 Å². The number of aliphatic hydroxyl groups excluding tert-OH is 8. The van der Waals surface area contributed by atoms with E-state index in [1.165, 1.54) is 116 Å². The van der Waals surface area contributed by atoms with E-state index in [0.717, 1.165) is 57.8 Å². The maximum absolute atomic E-state index is 13.2. The van der Waals surface area contributed by atoms with Crippen molar-refractivity contribution >= 4 is 5.91 Å². The highest BCUT2D eigenvalue weighted by molar-refractivity contribution is 5.76. The van der Waals surface area contributed by atoms with Crippen molar-refractivity contribution < 1.29 is 64.6 Å². The lowest BCUT2D eigenvalue weighted by Gasteiger charge is -2.46. The average molecular weight is 904 g/mol. The SMILES string of the molecule is CCCCCCCCC/C=C\CCCCCCCCCC(=O)NC(COC1OC(CO)C(OC2OC(CO)C(O)C(O)C2O)C(O)C1O)C(O)CCCCCCCCCCCCC. The molecule has 2 saturated heterocycles. The third-order valence-corrected chi connectivity index (χ3v) is 12.7. The molecule has 2 aliphatic rings. The summed E-state index contributed by atoms with van der Waals surface area (Å²) < 4.78 is 22.7. The molecule has 0 saturated carbocycles. The molecule has 1 amide bonds. The third-order valence-electron chi connectivity index (χ3n) is 12.7. The molecule has 0 spiro atoms. The van der Waals surface area contributed by atoms with Crippen molar-refractivity contribution in [3.05, 3.63) is 12.2 Å². The van der Waals surface area contributed by atoms with Gasteiger partial charge in [-0.1, -0.05) is 167 Å². The minimum Gasteiger partial charge on any atom is -0.394 e. The Balaban J connectivity index is 1.81. The van der Waals surface area contributed by atoms with E-state index in [-0.39, 0.29) is 12.5 Å². The van der Waals surface area contributed by atoms with Gasteiger partial charge in [0.15, 0.2) is 12.6 Å². The van der Waals surface area contributed by atoms with Gasteiger partial charge in [0.2, 0.25) is 5.91 Å². The van der Waals surface area contributed by atoms with Crippen LogP contribution in [0.3, 0.4) is 0 Å². The van der Waals surface area contributed by atoms with E-state index in [4.69, 9.17) is 18.9 Å². The van der Waals surface area contributed by atoms with Gasteiger partial charge >= 0.3 is 0 Å². The number of hydrogen-bond acceptors (Lipinski definition) is 13. The van der Waals surface area contributed by atoms with Crippen LogP contribution in [0.15, 0.2) is 12.2 Å². The fraction of sp³-hybridized carbons (Fsp3) is 0.939. The number of amides is 1. The zero-order chi connectivity index (χ0) is 46.1. The van der Waals surface area contributed by atoms with Gasteiger partial charge in [0.1, 0.15) is 48.8 Å². The Hall–Kier alpha value is -1.27. The number of allylic oxidation sites excluding steroid dienone is 2. The van der Waals surface area contributed by atoms with Crippen LogP contribution in [0.5, 0.6) is 0 Å². The van der Waals surface area contributed by atoms with Gasteiger partial charge in [0.05, 0.1) is 32.0 Å². The van der Waals surface area contributed by atoms with Gasteiger partial charge in [-0.2, -0.15) is 0 Å². The van der Waals surface area contributed by atoms with Crippen molar-refractivity contribution in [2.45, 2.75) is 274 Å². The molecular weight excluding hydrogens is 811 g/mol. The first-order chi connectivity index (χ1) is 30.6. The largest absolute Gasteiger partial charge is 0.394 e. The lowest BCUT2D eigenvalue weighted by atomic mass is 9.97. The maximum atomic E-state index is 13.2. The topological polar surface area (TPSA) is 228 Å². The Kier molecular flexibility index (Phi) is 33.8. The molecule has 14 heteroatoms. The van der Waals surface area contributed by atoms with Crippen LogP contribution in [0.2, 0.25) is 0 Å². The number of ether oxygens (including phenoxy) is 4. The van der Waals surface area contributed by atoms with Gasteiger partial charge in [-0.25, -0.2) is 0 Å². The molecular formula is C49H93NO13. The lowest BCUT2D eigenvalue weighted by Crippen LogP contribution is -2.65. The summed E-state index contributed by atoms with van der Waals surface area (Å²) in [4.78, 5) is 13.2. The molecule has 12 atom stereocenters. The van der Waals surface area contributed by atoms with Crippen molar-refractivity contribution in [2.75, 3.05) is 19.8 Å². The Bertz CT molecular complexity index is 1120. The fourth-order valence-electron chi connectivity index (χ4n) is 8.52. The second kappa shape index (κ2) is 36.8. The van der Waals surface area contributed by atoms with Crippen molar-refractivity contribution in [3.8, 4) is 0 Å². The van der Waals surface area contributed by atoms with Crippen LogP contribution in [-0.2, 0) is 23.7 Å². The average Bonchev–Trinajstić information content (AvgIpc) is 3.28. The summed E-state index contributed by atoms with van der Waals surface area (Å²) in [5.41, 5.74) is 0. The lowest BCUT2D eigenvalue weighted by molar-refractivity contribution is -0.359. The smallest absolute Gasteiger partial charge is 0.220 e. The normalized spacial score (nSPS) is 27.5. The first-order valence-electron chi connectivity index (χ1n) is 25.4. The molecule has 0 aromatic rings. The summed E-state index contributed by atoms with van der Waals surface area (Å²) in [6.45, 7) is 2.83. The van der Waals surface area contributed by atoms with E-state index in [1.54, 1.807) is 0 Å². The zero-order valence-corrected chi connectivity index (χ0v) is 39.3. The maximum Gasteiger partial charge on any atom is 0.220 e. The Morgan fingerprint density at radius 1 is 0.556 bits per heavy atom. The monoisotopic (exact) mass is 904 g/mol. The molecule has 0 aliphatic carbocycles. The molecule has 2 fully saturated rings. The summed E-state index contributed by atoms with van der Waals surface area (Å²) in [5, 5.41) is 86.8. The van der Waals surface area contributed by atoms with E-state index >= 15 is 0 Å². The first kappa shape index (κ1) is 57.9. The minimum absolute atomic E-state index is 0.212. The van der Waals surface area contributed by atoms with Gasteiger partial charge in [0, 0.05) is 6.42 Å². The number of rotatable bonds is 39. The molecule has 0 radical (unpaired) electrons. The summed E-state index contributed by atoms with van der Waals surface area (Å²) in [6, 6.07) is -0.825. The number of unbranched alkanes of at least 4 members (excludes halogenated alkanes) is 24. The molecule has 372 valence electrons. The Morgan fingerprint density at radius 3 is 1.51 bits per heavy atom. The van der Waals surface area contributed by atoms with Crippen molar-refractivity contribution in [2.24, 2.45) is 0 Å². The van der Waals surface area contributed by atoms with Crippen LogP contribution >= 0.6 is 0 Å². The van der Waals surface area contributed by atoms with Crippen molar-refractivity contribution in [1.29, 1.82) is 0 Å². The molecule has 14 nitrogen and oxygen atoms in total. The Labute approximate surface area is 380 Å². The molecule has 2 rings (SSSR count). The van der Waals surface area contributed by atoms with Crippen LogP contribution < -0.4 is 5.32 Å². The van der Waals surface area contributed by atoms with E-state index in [0.29, 0.717) is 12.8 Å². The molecule has 0 aromatic carbocycles. The van der Waals surface area contributed by atoms with Crippen LogP contribution in [0.25, 0.3) is 0 Å². The zero-order valence-electron chi connectivity index (χ0n) is 39.3. The number of hydrogen-bond donors (Lipinski definition) is 9. The van der Waals surface area contributed by atoms with Crippen LogP contribution in [0.4, 0.5) is 0 Å². The number of carbonyl (C=O) groups is 1. The van der Waals surface area contributed by atoms with Gasteiger partial charge in [-0.15, -0.1) is 0 Å². The minimum atomic E-state index is -1.78. The Morgan fingerprint density at radius 2 is 1.00 bits per heavy atom. The summed E-state index contributed by atoms with van der Waals surface area (Å²) >= 11 is 0. The highest BCUT2D eigenvalue weighted by Gasteiger charge is 2.51. The van der Waals surface area contributed by atoms with Crippen molar-refractivity contribution in [1.82, 2.24) is 5.32 Å². The predicted octanol–water partition coefficient (Wildman–Crippen LogP) is 6.38. The summed E-state index contributed by atoms with van der Waals surface area (Å²) in [6.07, 6.45) is 20.7. The van der Waals surface area contributed by atoms with E-state index in [9.17, 15) is 45.6 Å². The van der Waals surface area contributed by atoms with Crippen LogP contribution in [-0.4, -0.2) is 140 Å². The van der Waals surface area contributed by atoms with Gasteiger partial charge in [-0.3, -0.25) is 4.79 Å². The van der Waals surface area contributed by atoms with Crippen molar-refractivity contribution in [3.63, 3.8) is 0 Å². The predicted molar refractivity (Wildman–Crippen MR) is 245 cm³/mol. The molecule has 2 heterocycles. The summed E-state index contributed by atoms with van der Waals surface area (Å²) in [5.74, 6) is -0.212. The van der Waals surface area contributed by atoms with E-state index in [2.05, 4.69) is 31.3 Å². The van der Waals surface area contributed by atoms with E-state index in [1.807, 2.05) is 0 Å². The quantitative estimate of drug-likeness (QED) is 0.0241.